The van der Waals surface area contributed by atoms with Crippen molar-refractivity contribution in [2.24, 2.45) is 4.99 Å². The number of benzene rings is 3. The molecule has 5 rings (SSSR count). The fourth-order valence-electron chi connectivity index (χ4n) is 5.19. The van der Waals surface area contributed by atoms with Crippen LogP contribution in [0.25, 0.3) is 6.08 Å². The summed E-state index contributed by atoms with van der Waals surface area (Å²) in [6.45, 7) is 8.53. The first-order valence-corrected chi connectivity index (χ1v) is 15.8. The van der Waals surface area contributed by atoms with Crippen LogP contribution in [0.1, 0.15) is 74.8 Å². The van der Waals surface area contributed by atoms with E-state index in [1.54, 1.807) is 23.6 Å². The summed E-state index contributed by atoms with van der Waals surface area (Å²) in [5.41, 5.74) is 4.47. The van der Waals surface area contributed by atoms with Crippen molar-refractivity contribution in [3.8, 4) is 5.75 Å². The third kappa shape index (κ3) is 6.96. The second kappa shape index (κ2) is 13.9. The van der Waals surface area contributed by atoms with Gasteiger partial charge in [0.1, 0.15) is 12.4 Å². The number of carbonyl (C=O) groups excluding carboxylic acids is 1. The molecule has 10 heteroatoms. The number of nitro benzene ring substituents is 1. The summed E-state index contributed by atoms with van der Waals surface area (Å²) in [6, 6.07) is 21.0. The summed E-state index contributed by atoms with van der Waals surface area (Å²) in [5.74, 6) is 0.511. The Hall–Kier alpha value is -4.83. The molecule has 1 aromatic heterocycles. The Morgan fingerprint density at radius 2 is 1.73 bits per heavy atom. The van der Waals surface area contributed by atoms with E-state index in [2.05, 4.69) is 13.8 Å². The normalized spacial score (nSPS) is 14.7. The number of aromatic nitrogens is 1. The molecule has 0 saturated carbocycles. The van der Waals surface area contributed by atoms with Crippen molar-refractivity contribution >= 4 is 29.1 Å². The molecule has 0 radical (unpaired) electrons. The predicted octanol–water partition coefficient (Wildman–Crippen LogP) is 6.19. The summed E-state index contributed by atoms with van der Waals surface area (Å²) in [4.78, 5) is 43.2. The number of fused-ring (bicyclic) bond motifs is 1. The van der Waals surface area contributed by atoms with E-state index in [1.165, 1.54) is 29.0 Å². The number of non-ortho nitro benzene ring substituents is 1. The number of allylic oxidation sites excluding steroid dienone is 1. The molecule has 0 spiro atoms. The lowest BCUT2D eigenvalue weighted by Gasteiger charge is -2.26. The van der Waals surface area contributed by atoms with Crippen LogP contribution in [0.2, 0.25) is 0 Å². The first-order valence-electron chi connectivity index (χ1n) is 15.0. The van der Waals surface area contributed by atoms with Crippen LogP contribution in [0, 0.1) is 10.1 Å². The number of thiazole rings is 1. The number of ether oxygens (including phenoxy) is 2. The Kier molecular flexibility index (Phi) is 9.73. The summed E-state index contributed by atoms with van der Waals surface area (Å²) < 4.78 is 13.5. The van der Waals surface area contributed by atoms with Crippen LogP contribution in [0.4, 0.5) is 5.69 Å². The molecular formula is C35H35N3O6S. The second-order valence-electron chi connectivity index (χ2n) is 11.0. The zero-order valence-electron chi connectivity index (χ0n) is 25.7. The van der Waals surface area contributed by atoms with Crippen molar-refractivity contribution in [3.63, 3.8) is 0 Å². The fraction of sp³-hybridized carbons (Fsp3) is 0.286. The van der Waals surface area contributed by atoms with Gasteiger partial charge in [-0.1, -0.05) is 74.9 Å². The zero-order valence-corrected chi connectivity index (χ0v) is 26.5. The molecule has 4 aromatic rings. The van der Waals surface area contributed by atoms with Gasteiger partial charge in [0, 0.05) is 12.1 Å². The molecule has 2 heterocycles. The molecule has 1 aliphatic rings. The molecule has 0 N–H and O–H groups in total. The van der Waals surface area contributed by atoms with Crippen LogP contribution in [0.5, 0.6) is 5.75 Å². The summed E-state index contributed by atoms with van der Waals surface area (Å²) >= 11 is 1.30. The Balaban J connectivity index is 1.49. The zero-order chi connectivity index (χ0) is 32.1. The van der Waals surface area contributed by atoms with Crippen molar-refractivity contribution in [3.05, 3.63) is 136 Å². The molecule has 9 nitrogen and oxygen atoms in total. The lowest BCUT2D eigenvalue weighted by molar-refractivity contribution is -0.384. The first kappa shape index (κ1) is 31.6. The van der Waals surface area contributed by atoms with Crippen LogP contribution in [0.15, 0.2) is 93.9 Å². The standard InChI is InChI=1S/C35H35N3O6S/c1-5-7-29-31(34(40)43-6-2)32(26-14-12-25(13-15-26)22(3)4)37-33(39)30(45-35(37)36-29)20-23-10-18-28(19-11-23)44-21-24-8-16-27(17-9-24)38(41)42/h8-20,22,32H,5-7,21H2,1-4H3/b30-20-/t32-/m0/s1. The smallest absolute Gasteiger partial charge is 0.338 e. The third-order valence-electron chi connectivity index (χ3n) is 7.54. The van der Waals surface area contributed by atoms with Crippen LogP contribution in [-0.4, -0.2) is 22.1 Å². The highest BCUT2D eigenvalue weighted by Crippen LogP contribution is 2.33. The molecule has 0 bridgehead atoms. The van der Waals surface area contributed by atoms with Crippen LogP contribution in [-0.2, 0) is 16.1 Å². The summed E-state index contributed by atoms with van der Waals surface area (Å²) in [7, 11) is 0. The van der Waals surface area contributed by atoms with Gasteiger partial charge in [-0.3, -0.25) is 19.5 Å². The van der Waals surface area contributed by atoms with E-state index in [4.69, 9.17) is 14.5 Å². The van der Waals surface area contributed by atoms with Gasteiger partial charge in [0.2, 0.25) is 0 Å². The molecule has 0 fully saturated rings. The molecule has 1 aliphatic heterocycles. The fourth-order valence-corrected chi connectivity index (χ4v) is 6.21. The second-order valence-corrected chi connectivity index (χ2v) is 12.0. The molecule has 3 aromatic carbocycles. The predicted molar refractivity (Wildman–Crippen MR) is 174 cm³/mol. The van der Waals surface area contributed by atoms with E-state index in [0.29, 0.717) is 38.7 Å². The molecule has 45 heavy (non-hydrogen) atoms. The van der Waals surface area contributed by atoms with Gasteiger partial charge >= 0.3 is 5.97 Å². The topological polar surface area (TPSA) is 113 Å². The van der Waals surface area contributed by atoms with Gasteiger partial charge in [0.05, 0.1) is 33.4 Å². The lowest BCUT2D eigenvalue weighted by atomic mass is 9.92. The number of esters is 1. The molecule has 0 unspecified atom stereocenters. The number of carbonyl (C=O) groups is 1. The Labute approximate surface area is 264 Å². The van der Waals surface area contributed by atoms with E-state index in [1.807, 2.05) is 61.5 Å². The molecule has 0 aliphatic carbocycles. The monoisotopic (exact) mass is 625 g/mol. The van der Waals surface area contributed by atoms with Crippen molar-refractivity contribution in [2.45, 2.75) is 59.1 Å². The molecule has 1 atom stereocenters. The van der Waals surface area contributed by atoms with Gasteiger partial charge in [-0.15, -0.1) is 0 Å². The molecular weight excluding hydrogens is 590 g/mol. The largest absolute Gasteiger partial charge is 0.489 e. The minimum Gasteiger partial charge on any atom is -0.489 e. The minimum absolute atomic E-state index is 0.0300. The number of rotatable bonds is 11. The highest BCUT2D eigenvalue weighted by Gasteiger charge is 2.34. The highest BCUT2D eigenvalue weighted by molar-refractivity contribution is 7.07. The van der Waals surface area contributed by atoms with Gasteiger partial charge in [0.25, 0.3) is 11.2 Å². The lowest BCUT2D eigenvalue weighted by Crippen LogP contribution is -2.40. The number of nitrogens with zero attached hydrogens (tertiary/aromatic N) is 3. The minimum atomic E-state index is -0.652. The summed E-state index contributed by atoms with van der Waals surface area (Å²) in [6.07, 6.45) is 3.19. The number of hydrogen-bond acceptors (Lipinski definition) is 8. The molecule has 232 valence electrons. The average Bonchev–Trinajstić information content (AvgIpc) is 3.34. The van der Waals surface area contributed by atoms with Gasteiger partial charge in [0.15, 0.2) is 4.80 Å². The van der Waals surface area contributed by atoms with Crippen molar-refractivity contribution < 1.29 is 19.2 Å². The first-order chi connectivity index (χ1) is 21.7. The molecule has 0 amide bonds. The quantitative estimate of drug-likeness (QED) is 0.112. The SMILES string of the molecule is CCCC1=C(C(=O)OCC)[C@H](c2ccc(C(C)C)cc2)n2c(s/c(=C\c3ccc(OCc4ccc([N+](=O)[O-])cc4)cc3)c2=O)=N1. The highest BCUT2D eigenvalue weighted by atomic mass is 32.1. The van der Waals surface area contributed by atoms with E-state index < -0.39 is 16.9 Å². The van der Waals surface area contributed by atoms with Gasteiger partial charge in [-0.2, -0.15) is 0 Å². The van der Waals surface area contributed by atoms with Crippen LogP contribution < -0.4 is 19.6 Å². The van der Waals surface area contributed by atoms with Crippen molar-refractivity contribution in [1.82, 2.24) is 4.57 Å². The molecule has 0 saturated heterocycles. The van der Waals surface area contributed by atoms with Crippen LogP contribution in [0.3, 0.4) is 0 Å². The van der Waals surface area contributed by atoms with Gasteiger partial charge < -0.3 is 9.47 Å². The maximum absolute atomic E-state index is 14.0. The van der Waals surface area contributed by atoms with E-state index >= 15 is 0 Å². The third-order valence-corrected chi connectivity index (χ3v) is 8.52. The Morgan fingerprint density at radius 1 is 1.04 bits per heavy atom. The van der Waals surface area contributed by atoms with Gasteiger partial charge in [-0.05, 0) is 71.9 Å². The van der Waals surface area contributed by atoms with Gasteiger partial charge in [-0.25, -0.2) is 9.79 Å². The maximum atomic E-state index is 14.0. The van der Waals surface area contributed by atoms with Crippen LogP contribution >= 0.6 is 11.3 Å². The number of nitro groups is 1. The summed E-state index contributed by atoms with van der Waals surface area (Å²) in [5, 5.41) is 10.9. The van der Waals surface area contributed by atoms with E-state index in [0.717, 1.165) is 23.1 Å². The Bertz CT molecular complexity index is 1900. The van der Waals surface area contributed by atoms with E-state index in [-0.39, 0.29) is 24.5 Å². The maximum Gasteiger partial charge on any atom is 0.338 e. The number of hydrogen-bond donors (Lipinski definition) is 0. The average molecular weight is 626 g/mol. The Morgan fingerprint density at radius 3 is 2.33 bits per heavy atom. The van der Waals surface area contributed by atoms with E-state index in [9.17, 15) is 19.7 Å². The van der Waals surface area contributed by atoms with Crippen molar-refractivity contribution in [1.29, 1.82) is 0 Å². The van der Waals surface area contributed by atoms with Crippen molar-refractivity contribution in [2.75, 3.05) is 6.61 Å².